The van der Waals surface area contributed by atoms with Crippen molar-refractivity contribution in [2.75, 3.05) is 6.79 Å². The van der Waals surface area contributed by atoms with E-state index in [2.05, 4.69) is 22.4 Å². The summed E-state index contributed by atoms with van der Waals surface area (Å²) in [5.41, 5.74) is 6.06. The van der Waals surface area contributed by atoms with Crippen LogP contribution in [0.25, 0.3) is 11.1 Å². The van der Waals surface area contributed by atoms with E-state index in [0.717, 1.165) is 35.1 Å². The Balaban J connectivity index is 1.85. The first-order valence-electron chi connectivity index (χ1n) is 12.5. The van der Waals surface area contributed by atoms with Crippen molar-refractivity contribution >= 4 is 29.6 Å². The molecular weight excluding hydrogens is 524 g/mol. The summed E-state index contributed by atoms with van der Waals surface area (Å²) in [4.78, 5) is 28.9. The Bertz CT molecular complexity index is 1310. The predicted molar refractivity (Wildman–Crippen MR) is 148 cm³/mol. The maximum absolute atomic E-state index is 12.9. The van der Waals surface area contributed by atoms with Crippen LogP contribution in [-0.2, 0) is 27.2 Å². The second kappa shape index (κ2) is 14.2. The number of esters is 1. The Morgan fingerprint density at radius 1 is 1.13 bits per heavy atom. The van der Waals surface area contributed by atoms with Crippen molar-refractivity contribution in [1.29, 1.82) is 0 Å². The van der Waals surface area contributed by atoms with E-state index in [4.69, 9.17) is 37.5 Å². The van der Waals surface area contributed by atoms with E-state index in [1.54, 1.807) is 18.4 Å². The van der Waals surface area contributed by atoms with Gasteiger partial charge in [-0.3, -0.25) is 0 Å². The highest BCUT2D eigenvalue weighted by atomic mass is 35.5. The van der Waals surface area contributed by atoms with Crippen LogP contribution in [0.5, 0.6) is 0 Å². The minimum atomic E-state index is -0.935. The molecule has 3 aromatic rings. The number of imidazole rings is 1. The lowest BCUT2D eigenvalue weighted by molar-refractivity contribution is -0.0349. The number of hydrogen-bond donors (Lipinski definition) is 3. The van der Waals surface area contributed by atoms with Crippen molar-refractivity contribution in [2.24, 2.45) is 16.8 Å². The number of ether oxygens (including phenoxy) is 3. The minimum Gasteiger partial charge on any atom is -0.431 e. The Kier molecular flexibility index (Phi) is 10.7. The molecule has 1 heterocycles. The highest BCUT2D eigenvalue weighted by Crippen LogP contribution is 2.26. The summed E-state index contributed by atoms with van der Waals surface area (Å²) < 4.78 is 16.6. The summed E-state index contributed by atoms with van der Waals surface area (Å²) in [7, 11) is 0. The lowest BCUT2D eigenvalue weighted by Crippen LogP contribution is -2.32. The van der Waals surface area contributed by atoms with Crippen molar-refractivity contribution < 1.29 is 23.8 Å². The summed E-state index contributed by atoms with van der Waals surface area (Å²) in [6.07, 6.45) is 1.13. The van der Waals surface area contributed by atoms with Crippen LogP contribution in [0.3, 0.4) is 0 Å². The average Bonchev–Trinajstić information content (AvgIpc) is 3.22. The van der Waals surface area contributed by atoms with E-state index in [1.165, 1.54) is 0 Å². The number of rotatable bonds is 11. The van der Waals surface area contributed by atoms with Gasteiger partial charge in [-0.2, -0.15) is 5.10 Å². The molecule has 0 aliphatic heterocycles. The maximum atomic E-state index is 12.9. The van der Waals surface area contributed by atoms with Crippen molar-refractivity contribution in [1.82, 2.24) is 15.0 Å². The van der Waals surface area contributed by atoms with Gasteiger partial charge in [0.15, 0.2) is 16.7 Å². The van der Waals surface area contributed by atoms with Gasteiger partial charge in [-0.1, -0.05) is 73.5 Å². The molecule has 3 rings (SSSR count). The monoisotopic (exact) mass is 556 g/mol. The van der Waals surface area contributed by atoms with Gasteiger partial charge in [0, 0.05) is 18.5 Å². The third-order valence-corrected chi connectivity index (χ3v) is 5.97. The number of halogens is 1. The fourth-order valence-corrected chi connectivity index (χ4v) is 4.16. The highest BCUT2D eigenvalue weighted by Gasteiger charge is 2.24. The van der Waals surface area contributed by atoms with E-state index < -0.39 is 18.9 Å². The number of nitrogens with two attached hydrogens (primary N) is 2. The van der Waals surface area contributed by atoms with E-state index in [-0.39, 0.29) is 17.0 Å². The number of carbonyl (C=O) groups excluding carboxylic acids is 2. The topological polar surface area (TPSA) is 156 Å². The third-order valence-electron chi connectivity index (χ3n) is 5.70. The van der Waals surface area contributed by atoms with Crippen LogP contribution >= 0.6 is 11.6 Å². The summed E-state index contributed by atoms with van der Waals surface area (Å²) in [5.74, 6) is 11.3. The quantitative estimate of drug-likeness (QED) is 0.0779. The molecule has 0 saturated carbocycles. The molecule has 11 nitrogen and oxygen atoms in total. The summed E-state index contributed by atoms with van der Waals surface area (Å²) in [6, 6.07) is 15.4. The molecule has 0 amide bonds. The van der Waals surface area contributed by atoms with Crippen molar-refractivity contribution in [3.8, 4) is 11.1 Å². The molecule has 0 atom stereocenters. The fourth-order valence-electron chi connectivity index (χ4n) is 3.88. The number of hydrazine groups is 1. The fraction of sp³-hybridized carbons (Fsp3) is 0.333. The average molecular weight is 557 g/mol. The molecule has 5 N–H and O–H groups in total. The van der Waals surface area contributed by atoms with Crippen LogP contribution in [-0.4, -0.2) is 40.4 Å². The zero-order chi connectivity index (χ0) is 28.4. The zero-order valence-corrected chi connectivity index (χ0v) is 22.9. The SMILES string of the molecule is CCCCc1nc(Cl)c(C(=O)OCOC(=O)OC(C)C)n1Cc1ccc(-c2ccccc2/C(=N/N)NN)cc1. The van der Waals surface area contributed by atoms with Crippen molar-refractivity contribution in [3.63, 3.8) is 0 Å². The smallest absolute Gasteiger partial charge is 0.431 e. The Hall–Kier alpha value is -4.09. The predicted octanol–water partition coefficient (Wildman–Crippen LogP) is 4.35. The number of aryl methyl sites for hydroxylation is 1. The normalized spacial score (nSPS) is 11.4. The van der Waals surface area contributed by atoms with Crippen LogP contribution in [0, 0.1) is 0 Å². The summed E-state index contributed by atoms with van der Waals surface area (Å²) >= 11 is 6.38. The molecule has 0 radical (unpaired) electrons. The number of carbonyl (C=O) groups is 2. The number of unbranched alkanes of at least 4 members (excludes halogenated alkanes) is 1. The molecule has 39 heavy (non-hydrogen) atoms. The van der Waals surface area contributed by atoms with Gasteiger partial charge in [-0.15, -0.1) is 0 Å². The van der Waals surface area contributed by atoms with Crippen LogP contribution < -0.4 is 17.1 Å². The molecule has 0 aliphatic carbocycles. The van der Waals surface area contributed by atoms with Crippen LogP contribution in [0.4, 0.5) is 4.79 Å². The number of amidine groups is 1. The first-order chi connectivity index (χ1) is 18.8. The van der Waals surface area contributed by atoms with Crippen LogP contribution in [0.2, 0.25) is 5.15 Å². The lowest BCUT2D eigenvalue weighted by atomic mass is 9.98. The standard InChI is InChI=1S/C27H33ClN6O5/c1-4-5-10-22-31-24(28)23(26(35)37-16-38-27(36)39-17(2)3)34(22)15-18-11-13-19(14-12-18)20-8-6-7-9-21(20)25(32-29)33-30/h6-9,11-14,17H,4-5,10,15-16,29-30H2,1-3H3,(H,32,33). The number of hydrazone groups is 1. The van der Waals surface area contributed by atoms with E-state index in [9.17, 15) is 9.59 Å². The Labute approximate surface area is 232 Å². The van der Waals surface area contributed by atoms with Gasteiger partial charge < -0.3 is 30.0 Å². The van der Waals surface area contributed by atoms with Gasteiger partial charge >= 0.3 is 12.1 Å². The summed E-state index contributed by atoms with van der Waals surface area (Å²) in [5, 5.41) is 3.74. The second-order valence-electron chi connectivity index (χ2n) is 8.83. The number of nitrogens with zero attached hydrogens (tertiary/aromatic N) is 3. The molecule has 2 aromatic carbocycles. The number of hydrogen-bond acceptors (Lipinski definition) is 9. The Morgan fingerprint density at radius 3 is 2.49 bits per heavy atom. The van der Waals surface area contributed by atoms with Gasteiger partial charge in [-0.25, -0.2) is 20.4 Å². The summed E-state index contributed by atoms with van der Waals surface area (Å²) in [6.45, 7) is 5.13. The molecule has 208 valence electrons. The molecule has 0 unspecified atom stereocenters. The first kappa shape index (κ1) is 29.5. The molecule has 0 spiro atoms. The van der Waals surface area contributed by atoms with Gasteiger partial charge in [-0.05, 0) is 37.0 Å². The van der Waals surface area contributed by atoms with Gasteiger partial charge in [0.05, 0.1) is 6.10 Å². The molecule has 0 bridgehead atoms. The molecule has 1 aromatic heterocycles. The Morgan fingerprint density at radius 2 is 1.85 bits per heavy atom. The highest BCUT2D eigenvalue weighted by molar-refractivity contribution is 6.32. The molecular formula is C27H33ClN6O5. The number of benzene rings is 2. The molecule has 12 heteroatoms. The molecule has 0 fully saturated rings. The van der Waals surface area contributed by atoms with Gasteiger partial charge in [0.1, 0.15) is 5.82 Å². The third kappa shape index (κ3) is 7.71. The second-order valence-corrected chi connectivity index (χ2v) is 9.19. The minimum absolute atomic E-state index is 0.0179. The van der Waals surface area contributed by atoms with Gasteiger partial charge in [0.2, 0.25) is 6.79 Å². The van der Waals surface area contributed by atoms with Crippen molar-refractivity contribution in [2.45, 2.75) is 52.7 Å². The lowest BCUT2D eigenvalue weighted by Gasteiger charge is -2.14. The van der Waals surface area contributed by atoms with E-state index in [0.29, 0.717) is 24.6 Å². The van der Waals surface area contributed by atoms with Crippen LogP contribution in [0.1, 0.15) is 61.1 Å². The van der Waals surface area contributed by atoms with Crippen LogP contribution in [0.15, 0.2) is 53.6 Å². The maximum Gasteiger partial charge on any atom is 0.511 e. The first-order valence-corrected chi connectivity index (χ1v) is 12.8. The number of aromatic nitrogens is 2. The zero-order valence-electron chi connectivity index (χ0n) is 22.1. The molecule has 0 saturated heterocycles. The largest absolute Gasteiger partial charge is 0.511 e. The van der Waals surface area contributed by atoms with E-state index >= 15 is 0 Å². The molecule has 0 aliphatic rings. The van der Waals surface area contributed by atoms with E-state index in [1.807, 2.05) is 48.5 Å². The van der Waals surface area contributed by atoms with Crippen molar-refractivity contribution in [3.05, 3.63) is 76.3 Å². The number of nitrogens with one attached hydrogen (secondary N) is 1. The van der Waals surface area contributed by atoms with Gasteiger partial charge in [0.25, 0.3) is 0 Å².